The molecule has 1 saturated carbocycles. The van der Waals surface area contributed by atoms with Gasteiger partial charge in [-0.1, -0.05) is 19.8 Å². The van der Waals surface area contributed by atoms with Crippen molar-refractivity contribution in [1.29, 1.82) is 0 Å². The van der Waals surface area contributed by atoms with Crippen LogP contribution in [0.4, 0.5) is 0 Å². The molecule has 5 heteroatoms. The van der Waals surface area contributed by atoms with E-state index < -0.39 is 0 Å². The molecule has 0 bridgehead atoms. The number of nitrogens with one attached hydrogen (secondary N) is 1. The van der Waals surface area contributed by atoms with Gasteiger partial charge in [-0.2, -0.15) is 0 Å². The Morgan fingerprint density at radius 1 is 1.39 bits per heavy atom. The predicted molar refractivity (Wildman–Crippen MR) is 87.6 cm³/mol. The minimum atomic E-state index is 0. The number of guanidine groups is 1. The molecule has 0 spiro atoms. The molecule has 0 heterocycles. The molecule has 0 aromatic carbocycles. The summed E-state index contributed by atoms with van der Waals surface area (Å²) in [6, 6.07) is 0. The van der Waals surface area contributed by atoms with E-state index in [-0.39, 0.29) is 24.0 Å². The van der Waals surface area contributed by atoms with Crippen LogP contribution in [-0.4, -0.2) is 32.8 Å². The zero-order valence-electron chi connectivity index (χ0n) is 11.7. The topological polar surface area (TPSA) is 59.6 Å². The molecule has 1 aliphatic carbocycles. The number of aliphatic imine (C=N–C) groups is 1. The molecule has 0 amide bonds. The Morgan fingerprint density at radius 3 is 2.61 bits per heavy atom. The van der Waals surface area contributed by atoms with Crippen LogP contribution in [0.3, 0.4) is 0 Å². The molecule has 1 rings (SSSR count). The average Bonchev–Trinajstić information content (AvgIpc) is 2.81. The van der Waals surface area contributed by atoms with Gasteiger partial charge in [0.05, 0.1) is 0 Å². The first kappa shape index (κ1) is 18.0. The van der Waals surface area contributed by atoms with Crippen LogP contribution in [0.2, 0.25) is 0 Å². The standard InChI is InChI=1S/C13H27N3O.HI/c1-3-9-15-12(14)16-11-13(8-10-17-2)6-4-5-7-13;/h3-11H2,1-2H3,(H3,14,15,16);1H. The number of hydrogen-bond donors (Lipinski definition) is 2. The summed E-state index contributed by atoms with van der Waals surface area (Å²) in [6.07, 6.45) is 7.35. The van der Waals surface area contributed by atoms with Gasteiger partial charge >= 0.3 is 0 Å². The maximum absolute atomic E-state index is 5.83. The molecule has 18 heavy (non-hydrogen) atoms. The summed E-state index contributed by atoms with van der Waals surface area (Å²) in [6.45, 7) is 4.70. The summed E-state index contributed by atoms with van der Waals surface area (Å²) >= 11 is 0. The molecular formula is C13H28IN3O. The van der Waals surface area contributed by atoms with Crippen LogP contribution in [0.1, 0.15) is 45.4 Å². The molecular weight excluding hydrogens is 341 g/mol. The zero-order valence-corrected chi connectivity index (χ0v) is 14.0. The third-order valence-corrected chi connectivity index (χ3v) is 3.64. The fraction of sp³-hybridized carbons (Fsp3) is 0.923. The van der Waals surface area contributed by atoms with Gasteiger partial charge in [-0.05, 0) is 31.1 Å². The minimum absolute atomic E-state index is 0. The lowest BCUT2D eigenvalue weighted by molar-refractivity contribution is 0.141. The Kier molecular flexibility index (Phi) is 9.81. The highest BCUT2D eigenvalue weighted by Crippen LogP contribution is 2.41. The van der Waals surface area contributed by atoms with Crippen molar-refractivity contribution in [2.45, 2.75) is 45.4 Å². The lowest BCUT2D eigenvalue weighted by atomic mass is 9.83. The summed E-state index contributed by atoms with van der Waals surface area (Å²) < 4.78 is 5.21. The minimum Gasteiger partial charge on any atom is -0.385 e. The van der Waals surface area contributed by atoms with Gasteiger partial charge in [-0.3, -0.25) is 4.99 Å². The lowest BCUT2D eigenvalue weighted by Crippen LogP contribution is -2.34. The van der Waals surface area contributed by atoms with E-state index in [0.717, 1.165) is 32.5 Å². The zero-order chi connectivity index (χ0) is 12.6. The molecule has 108 valence electrons. The first-order chi connectivity index (χ1) is 8.22. The van der Waals surface area contributed by atoms with Crippen molar-refractivity contribution < 1.29 is 4.74 Å². The molecule has 0 aromatic rings. The van der Waals surface area contributed by atoms with Crippen LogP contribution in [0.5, 0.6) is 0 Å². The van der Waals surface area contributed by atoms with Crippen molar-refractivity contribution in [2.24, 2.45) is 16.1 Å². The summed E-state index contributed by atoms with van der Waals surface area (Å²) in [5.41, 5.74) is 6.17. The average molecular weight is 369 g/mol. The molecule has 0 atom stereocenters. The Hall–Kier alpha value is -0.0400. The number of methoxy groups -OCH3 is 1. The summed E-state index contributed by atoms with van der Waals surface area (Å²) in [7, 11) is 1.77. The first-order valence-corrected chi connectivity index (χ1v) is 6.75. The molecule has 0 radical (unpaired) electrons. The Balaban J connectivity index is 0.00000289. The number of ether oxygens (including phenoxy) is 1. The van der Waals surface area contributed by atoms with Crippen LogP contribution in [-0.2, 0) is 4.74 Å². The van der Waals surface area contributed by atoms with Crippen molar-refractivity contribution in [2.75, 3.05) is 26.8 Å². The van der Waals surface area contributed by atoms with Crippen LogP contribution in [0.25, 0.3) is 0 Å². The van der Waals surface area contributed by atoms with Gasteiger partial charge in [0.1, 0.15) is 0 Å². The van der Waals surface area contributed by atoms with Crippen LogP contribution >= 0.6 is 24.0 Å². The van der Waals surface area contributed by atoms with Crippen LogP contribution in [0.15, 0.2) is 4.99 Å². The van der Waals surface area contributed by atoms with Crippen molar-refractivity contribution in [3.05, 3.63) is 0 Å². The highest BCUT2D eigenvalue weighted by atomic mass is 127. The van der Waals surface area contributed by atoms with Crippen molar-refractivity contribution in [3.8, 4) is 0 Å². The number of hydrogen-bond acceptors (Lipinski definition) is 2. The third kappa shape index (κ3) is 6.22. The fourth-order valence-electron chi connectivity index (χ4n) is 2.49. The van der Waals surface area contributed by atoms with Gasteiger partial charge in [-0.15, -0.1) is 24.0 Å². The normalized spacial score (nSPS) is 18.4. The second-order valence-corrected chi connectivity index (χ2v) is 5.08. The SMILES string of the molecule is CCCNC(N)=NCC1(CCOC)CCCC1.I. The highest BCUT2D eigenvalue weighted by molar-refractivity contribution is 14.0. The molecule has 1 fully saturated rings. The number of rotatable bonds is 7. The second-order valence-electron chi connectivity index (χ2n) is 5.08. The van der Waals surface area contributed by atoms with E-state index in [2.05, 4.69) is 17.2 Å². The second kappa shape index (κ2) is 9.83. The Morgan fingerprint density at radius 2 is 2.06 bits per heavy atom. The molecule has 0 aliphatic heterocycles. The third-order valence-electron chi connectivity index (χ3n) is 3.64. The van der Waals surface area contributed by atoms with Crippen molar-refractivity contribution in [3.63, 3.8) is 0 Å². The van der Waals surface area contributed by atoms with E-state index in [4.69, 9.17) is 10.5 Å². The van der Waals surface area contributed by atoms with Gasteiger partial charge in [0.15, 0.2) is 5.96 Å². The summed E-state index contributed by atoms with van der Waals surface area (Å²) in [5, 5.41) is 3.13. The van der Waals surface area contributed by atoms with E-state index in [1.807, 2.05) is 0 Å². The number of nitrogens with two attached hydrogens (primary N) is 1. The largest absolute Gasteiger partial charge is 0.385 e. The van der Waals surface area contributed by atoms with E-state index in [0.29, 0.717) is 11.4 Å². The molecule has 0 aromatic heterocycles. The molecule has 4 nitrogen and oxygen atoms in total. The van der Waals surface area contributed by atoms with Gasteiger partial charge in [0, 0.05) is 26.8 Å². The van der Waals surface area contributed by atoms with Gasteiger partial charge in [-0.25, -0.2) is 0 Å². The molecule has 0 unspecified atom stereocenters. The fourth-order valence-corrected chi connectivity index (χ4v) is 2.49. The molecule has 1 aliphatic rings. The van der Waals surface area contributed by atoms with Gasteiger partial charge in [0.25, 0.3) is 0 Å². The number of nitrogens with zero attached hydrogens (tertiary/aromatic N) is 1. The van der Waals surface area contributed by atoms with E-state index in [1.165, 1.54) is 25.7 Å². The van der Waals surface area contributed by atoms with Crippen molar-refractivity contribution in [1.82, 2.24) is 5.32 Å². The monoisotopic (exact) mass is 369 g/mol. The van der Waals surface area contributed by atoms with Crippen LogP contribution < -0.4 is 11.1 Å². The van der Waals surface area contributed by atoms with E-state index in [9.17, 15) is 0 Å². The predicted octanol–water partition coefficient (Wildman–Crippen LogP) is 2.52. The summed E-state index contributed by atoms with van der Waals surface area (Å²) in [4.78, 5) is 4.50. The van der Waals surface area contributed by atoms with Gasteiger partial charge in [0.2, 0.25) is 0 Å². The first-order valence-electron chi connectivity index (χ1n) is 6.75. The molecule has 0 saturated heterocycles. The number of halogens is 1. The summed E-state index contributed by atoms with van der Waals surface area (Å²) in [5.74, 6) is 0.593. The lowest BCUT2D eigenvalue weighted by Gasteiger charge is -2.26. The maximum Gasteiger partial charge on any atom is 0.188 e. The van der Waals surface area contributed by atoms with E-state index >= 15 is 0 Å². The highest BCUT2D eigenvalue weighted by Gasteiger charge is 2.33. The van der Waals surface area contributed by atoms with Crippen LogP contribution in [0, 0.1) is 5.41 Å². The quantitative estimate of drug-likeness (QED) is 0.412. The van der Waals surface area contributed by atoms with Gasteiger partial charge < -0.3 is 15.8 Å². The van der Waals surface area contributed by atoms with Crippen molar-refractivity contribution >= 4 is 29.9 Å². The Bertz CT molecular complexity index is 240. The van der Waals surface area contributed by atoms with E-state index in [1.54, 1.807) is 7.11 Å². The Labute approximate surface area is 128 Å². The maximum atomic E-state index is 5.83. The molecule has 3 N–H and O–H groups in total. The smallest absolute Gasteiger partial charge is 0.188 e.